The van der Waals surface area contributed by atoms with E-state index in [1.165, 1.54) is 16.8 Å². The molecule has 29 heavy (non-hydrogen) atoms. The lowest BCUT2D eigenvalue weighted by Crippen LogP contribution is -2.42. The Labute approximate surface area is 171 Å². The average molecular weight is 468 g/mol. The van der Waals surface area contributed by atoms with Gasteiger partial charge in [-0.1, -0.05) is 0 Å². The highest BCUT2D eigenvalue weighted by Crippen LogP contribution is 2.23. The smallest absolute Gasteiger partial charge is 0.406 e. The van der Waals surface area contributed by atoms with Crippen LogP contribution >= 0.6 is 15.9 Å². The summed E-state index contributed by atoms with van der Waals surface area (Å²) in [6.45, 7) is 1.51. The van der Waals surface area contributed by atoms with E-state index < -0.39 is 23.6 Å². The monoisotopic (exact) mass is 467 g/mol. The fourth-order valence-electron chi connectivity index (χ4n) is 2.47. The van der Waals surface area contributed by atoms with Gasteiger partial charge in [-0.05, 0) is 53.2 Å². The molecule has 2 aromatic heterocycles. The van der Waals surface area contributed by atoms with Crippen LogP contribution in [0.3, 0.4) is 0 Å². The van der Waals surface area contributed by atoms with Gasteiger partial charge < -0.3 is 10.1 Å². The number of amides is 1. The molecule has 0 fully saturated rings. The zero-order valence-corrected chi connectivity index (χ0v) is 16.5. The molecule has 1 N–H and O–H groups in total. The van der Waals surface area contributed by atoms with E-state index in [4.69, 9.17) is 0 Å². The molecule has 0 aliphatic heterocycles. The number of hydrogen-bond acceptors (Lipinski definition) is 5. The quantitative estimate of drug-likeness (QED) is 0.616. The molecule has 0 aliphatic carbocycles. The van der Waals surface area contributed by atoms with E-state index in [1.807, 2.05) is 0 Å². The Balaban J connectivity index is 1.72. The summed E-state index contributed by atoms with van der Waals surface area (Å²) in [6, 6.07) is 8.33. The Hall–Kier alpha value is -3.13. The minimum atomic E-state index is -4.81. The fourth-order valence-corrected chi connectivity index (χ4v) is 2.79. The fraction of sp³-hybridized carbons (Fsp3) is 0.222. The Bertz CT molecular complexity index is 1090. The molecule has 0 saturated carbocycles. The lowest BCUT2D eigenvalue weighted by atomic mass is 10.1. The number of carbonyl (C=O) groups is 1. The van der Waals surface area contributed by atoms with E-state index >= 15 is 0 Å². The maximum absolute atomic E-state index is 12.3. The zero-order chi connectivity index (χ0) is 21.2. The Kier molecular flexibility index (Phi) is 5.48. The second-order valence-electron chi connectivity index (χ2n) is 6.27. The highest BCUT2D eigenvalue weighted by molar-refractivity contribution is 9.10. The average Bonchev–Trinajstić information content (AvgIpc) is 3.09. The third-order valence-corrected chi connectivity index (χ3v) is 4.45. The van der Waals surface area contributed by atoms with Crippen molar-refractivity contribution in [2.45, 2.75) is 18.8 Å². The number of benzene rings is 1. The number of fused-ring (bicyclic) bond motifs is 1. The van der Waals surface area contributed by atoms with Gasteiger partial charge in [-0.25, -0.2) is 4.68 Å². The summed E-state index contributed by atoms with van der Waals surface area (Å²) in [6.07, 6.45) is -1.61. The number of halogens is 4. The molecule has 0 bridgehead atoms. The Morgan fingerprint density at radius 2 is 2.00 bits per heavy atom. The zero-order valence-electron chi connectivity index (χ0n) is 14.9. The number of carbonyl (C=O) groups excluding carboxylic acids is 1. The van der Waals surface area contributed by atoms with Gasteiger partial charge in [0.15, 0.2) is 5.54 Å². The van der Waals surface area contributed by atoms with Crippen LogP contribution in [0.15, 0.2) is 47.2 Å². The molecule has 3 rings (SSSR count). The molecule has 1 unspecified atom stereocenters. The van der Waals surface area contributed by atoms with Crippen molar-refractivity contribution in [3.05, 3.63) is 52.8 Å². The van der Waals surface area contributed by atoms with E-state index in [1.54, 1.807) is 25.4 Å². The molecule has 1 aromatic carbocycles. The molecular formula is C18H13BrF3N5O2. The van der Waals surface area contributed by atoms with Crippen LogP contribution in [-0.2, 0) is 5.54 Å². The maximum Gasteiger partial charge on any atom is 0.573 e. The van der Waals surface area contributed by atoms with Gasteiger partial charge in [-0.2, -0.15) is 10.4 Å². The third kappa shape index (κ3) is 4.83. The first-order valence-corrected chi connectivity index (χ1v) is 8.96. The standard InChI is InChI=1S/C18H13BrF3N5O2/c1-17(9-23,27-8-15-14(26-27)6-12(19)7-24-15)10-25-16(28)11-2-4-13(5-3-11)29-18(20,21)22/h2-8H,10H2,1H3,(H,25,28). The molecule has 0 spiro atoms. The van der Waals surface area contributed by atoms with Gasteiger partial charge in [-0.15, -0.1) is 13.2 Å². The van der Waals surface area contributed by atoms with Crippen LogP contribution in [0.1, 0.15) is 17.3 Å². The Morgan fingerprint density at radius 3 is 2.62 bits per heavy atom. The SMILES string of the molecule is CC(C#N)(CNC(=O)c1ccc(OC(F)(F)F)cc1)n1cc2ncc(Br)cc2n1. The number of rotatable bonds is 5. The first-order valence-electron chi connectivity index (χ1n) is 8.16. The molecule has 7 nitrogen and oxygen atoms in total. The largest absolute Gasteiger partial charge is 0.573 e. The first-order chi connectivity index (χ1) is 13.6. The summed E-state index contributed by atoms with van der Waals surface area (Å²) in [5.41, 5.74) is 0.0760. The number of nitrogens with zero attached hydrogens (tertiary/aromatic N) is 4. The summed E-state index contributed by atoms with van der Waals surface area (Å²) in [7, 11) is 0. The molecule has 3 aromatic rings. The van der Waals surface area contributed by atoms with Gasteiger partial charge in [-0.3, -0.25) is 9.78 Å². The normalized spacial score (nSPS) is 13.5. The number of hydrogen-bond donors (Lipinski definition) is 1. The van der Waals surface area contributed by atoms with Gasteiger partial charge in [0, 0.05) is 16.2 Å². The lowest BCUT2D eigenvalue weighted by molar-refractivity contribution is -0.274. The molecule has 1 amide bonds. The highest BCUT2D eigenvalue weighted by Gasteiger charge is 2.31. The van der Waals surface area contributed by atoms with E-state index in [2.05, 4.69) is 42.1 Å². The highest BCUT2D eigenvalue weighted by atomic mass is 79.9. The summed E-state index contributed by atoms with van der Waals surface area (Å²) in [4.78, 5) is 16.5. The van der Waals surface area contributed by atoms with Gasteiger partial charge >= 0.3 is 6.36 Å². The summed E-state index contributed by atoms with van der Waals surface area (Å²) in [5, 5.41) is 16.6. The van der Waals surface area contributed by atoms with E-state index in [-0.39, 0.29) is 12.1 Å². The van der Waals surface area contributed by atoms with Gasteiger partial charge in [0.2, 0.25) is 0 Å². The third-order valence-electron chi connectivity index (χ3n) is 4.01. The van der Waals surface area contributed by atoms with Crippen molar-refractivity contribution >= 4 is 32.9 Å². The summed E-state index contributed by atoms with van der Waals surface area (Å²) < 4.78 is 42.5. The molecule has 0 radical (unpaired) electrons. The van der Waals surface area contributed by atoms with Crippen LogP contribution in [0.25, 0.3) is 11.0 Å². The van der Waals surface area contributed by atoms with E-state index in [9.17, 15) is 23.2 Å². The predicted octanol–water partition coefficient (Wildman–Crippen LogP) is 3.76. The maximum atomic E-state index is 12.3. The van der Waals surface area contributed by atoms with Crippen molar-refractivity contribution in [2.75, 3.05) is 6.54 Å². The van der Waals surface area contributed by atoms with Crippen LogP contribution in [0.2, 0.25) is 0 Å². The molecule has 1 atom stereocenters. The predicted molar refractivity (Wildman–Crippen MR) is 99.9 cm³/mol. The second-order valence-corrected chi connectivity index (χ2v) is 7.19. The van der Waals surface area contributed by atoms with Crippen LogP contribution < -0.4 is 10.1 Å². The Morgan fingerprint density at radius 1 is 1.31 bits per heavy atom. The van der Waals surface area contributed by atoms with E-state index in [0.29, 0.717) is 11.0 Å². The number of ether oxygens (including phenoxy) is 1. The number of nitrogens with one attached hydrogen (secondary N) is 1. The van der Waals surface area contributed by atoms with Gasteiger partial charge in [0.05, 0.1) is 18.8 Å². The molecule has 2 heterocycles. The first kappa shape index (κ1) is 20.6. The van der Waals surface area contributed by atoms with Crippen molar-refractivity contribution in [1.29, 1.82) is 5.26 Å². The number of alkyl halides is 3. The lowest BCUT2D eigenvalue weighted by Gasteiger charge is -2.22. The van der Waals surface area contributed by atoms with Crippen molar-refractivity contribution in [3.8, 4) is 11.8 Å². The van der Waals surface area contributed by atoms with Crippen molar-refractivity contribution < 1.29 is 22.7 Å². The van der Waals surface area contributed by atoms with Crippen LogP contribution in [0.4, 0.5) is 13.2 Å². The van der Waals surface area contributed by atoms with Gasteiger partial charge in [0.1, 0.15) is 16.8 Å². The molecule has 0 saturated heterocycles. The summed E-state index contributed by atoms with van der Waals surface area (Å²) in [5.74, 6) is -0.986. The number of nitriles is 1. The van der Waals surface area contributed by atoms with Gasteiger partial charge in [0.25, 0.3) is 5.91 Å². The molecule has 0 aliphatic rings. The second kappa shape index (κ2) is 7.71. The van der Waals surface area contributed by atoms with E-state index in [0.717, 1.165) is 16.6 Å². The van der Waals surface area contributed by atoms with Crippen LogP contribution in [-0.4, -0.2) is 33.6 Å². The molecular weight excluding hydrogens is 455 g/mol. The van der Waals surface area contributed by atoms with Crippen molar-refractivity contribution in [2.24, 2.45) is 0 Å². The number of aromatic nitrogens is 3. The molecule has 11 heteroatoms. The van der Waals surface area contributed by atoms with Crippen molar-refractivity contribution in [1.82, 2.24) is 20.1 Å². The number of pyridine rings is 1. The topological polar surface area (TPSA) is 92.8 Å². The minimum absolute atomic E-state index is 0.0850. The minimum Gasteiger partial charge on any atom is -0.406 e. The van der Waals surface area contributed by atoms with Crippen LogP contribution in [0.5, 0.6) is 5.75 Å². The van der Waals surface area contributed by atoms with Crippen molar-refractivity contribution in [3.63, 3.8) is 0 Å². The van der Waals surface area contributed by atoms with Crippen LogP contribution in [0, 0.1) is 11.3 Å². The summed E-state index contributed by atoms with van der Waals surface area (Å²) >= 11 is 3.30. The molecule has 150 valence electrons.